The zero-order chi connectivity index (χ0) is 38.6. The summed E-state index contributed by atoms with van der Waals surface area (Å²) in [5, 5.41) is 0. The minimum Gasteiger partial charge on any atom is -0.454 e. The van der Waals surface area contributed by atoms with Crippen molar-refractivity contribution >= 4 is 28.2 Å². The van der Waals surface area contributed by atoms with Crippen molar-refractivity contribution in [3.63, 3.8) is 0 Å². The molecule has 0 aromatic heterocycles. The summed E-state index contributed by atoms with van der Waals surface area (Å²) in [7, 11) is 0. The maximum atomic E-state index is 7.05. The molecular formula is C54H49NO2. The van der Waals surface area contributed by atoms with Crippen LogP contribution in [0.15, 0.2) is 188 Å². The molecular weight excluding hydrogens is 695 g/mol. The van der Waals surface area contributed by atoms with Crippen LogP contribution >= 0.6 is 0 Å². The molecule has 1 fully saturated rings. The first-order chi connectivity index (χ1) is 28.0. The van der Waals surface area contributed by atoms with Crippen LogP contribution < -0.4 is 14.4 Å². The summed E-state index contributed by atoms with van der Waals surface area (Å²) in [5.74, 6) is 4.02. The summed E-state index contributed by atoms with van der Waals surface area (Å²) in [4.78, 5) is 2.42. The quantitative estimate of drug-likeness (QED) is 0.176. The Hall–Kier alpha value is -6.06. The lowest BCUT2D eigenvalue weighted by atomic mass is 9.60. The van der Waals surface area contributed by atoms with E-state index in [9.17, 15) is 0 Å². The Bertz CT molecular complexity index is 2540. The molecule has 0 radical (unpaired) electrons. The number of allylic oxidation sites excluding steroid dienone is 17. The molecule has 0 amide bonds. The third-order valence-electron chi connectivity index (χ3n) is 13.4. The Balaban J connectivity index is 1.11. The van der Waals surface area contributed by atoms with E-state index < -0.39 is 0 Å². The van der Waals surface area contributed by atoms with Crippen molar-refractivity contribution in [2.45, 2.75) is 46.5 Å². The van der Waals surface area contributed by atoms with E-state index in [1.807, 2.05) is 0 Å². The lowest BCUT2D eigenvalue weighted by Crippen LogP contribution is -2.40. The van der Waals surface area contributed by atoms with Crippen LogP contribution in [0.3, 0.4) is 0 Å². The van der Waals surface area contributed by atoms with Crippen LogP contribution in [0.4, 0.5) is 17.1 Å². The Kier molecular flexibility index (Phi) is 8.78. The number of hydrogen-bond donors (Lipinski definition) is 0. The molecule has 3 nitrogen and oxygen atoms in total. The SMILES string of the molecule is C/C=C/C1(C)C2C=CC=CC2C2C3=C(C=CC21C)Oc1cc(N(c2ccccc2C2=CCCC=C2)c2ccc(C4=CCCC=C4)cc2-c2ccccc2)ccc1O3. The second-order valence-electron chi connectivity index (χ2n) is 16.5. The van der Waals surface area contributed by atoms with E-state index in [0.29, 0.717) is 11.8 Å². The first-order valence-electron chi connectivity index (χ1n) is 20.7. The zero-order valence-electron chi connectivity index (χ0n) is 33.1. The summed E-state index contributed by atoms with van der Waals surface area (Å²) < 4.78 is 14.0. The van der Waals surface area contributed by atoms with Crippen LogP contribution in [0.5, 0.6) is 11.5 Å². The molecule has 3 heteroatoms. The lowest BCUT2D eigenvalue weighted by molar-refractivity contribution is 0.130. The average Bonchev–Trinajstić information content (AvgIpc) is 3.47. The Morgan fingerprint density at radius 1 is 0.667 bits per heavy atom. The van der Waals surface area contributed by atoms with Gasteiger partial charge in [-0.05, 0) is 103 Å². The highest BCUT2D eigenvalue weighted by Gasteiger charge is 2.64. The van der Waals surface area contributed by atoms with E-state index in [4.69, 9.17) is 9.47 Å². The number of anilines is 3. The fraction of sp³-hybridized carbons (Fsp3) is 0.222. The van der Waals surface area contributed by atoms with Crippen LogP contribution in [-0.2, 0) is 0 Å². The minimum atomic E-state index is -0.153. The summed E-state index contributed by atoms with van der Waals surface area (Å²) in [6.45, 7) is 6.96. The van der Waals surface area contributed by atoms with Gasteiger partial charge in [-0.15, -0.1) is 0 Å². The van der Waals surface area contributed by atoms with Crippen LogP contribution in [0, 0.1) is 28.6 Å². The molecule has 0 N–H and O–H groups in total. The van der Waals surface area contributed by atoms with Gasteiger partial charge in [0.15, 0.2) is 23.0 Å². The number of benzene rings is 4. The predicted octanol–water partition coefficient (Wildman–Crippen LogP) is 14.4. The second kappa shape index (κ2) is 14.2. The minimum absolute atomic E-state index is 0.0759. The fourth-order valence-electron chi connectivity index (χ4n) is 10.4. The molecule has 282 valence electrons. The van der Waals surface area contributed by atoms with E-state index in [2.05, 4.69) is 202 Å². The third kappa shape index (κ3) is 5.78. The van der Waals surface area contributed by atoms with Crippen molar-refractivity contribution in [3.8, 4) is 22.6 Å². The number of ether oxygens (including phenoxy) is 2. The van der Waals surface area contributed by atoms with E-state index >= 15 is 0 Å². The molecule has 6 aliphatic rings. The molecule has 1 saturated carbocycles. The highest BCUT2D eigenvalue weighted by Crippen LogP contribution is 2.68. The Labute approximate surface area is 337 Å². The molecule has 5 unspecified atom stereocenters. The van der Waals surface area contributed by atoms with Gasteiger partial charge >= 0.3 is 0 Å². The summed E-state index contributed by atoms with van der Waals surface area (Å²) in [6.07, 6.45) is 36.5. The standard InChI is InChI=1S/C54H49NO2/c1-4-33-53(2)45-26-16-14-25-43(45)51-52-49(32-34-54(51,53)3)56-50-36-41(29-31-48(50)57-52)55(46-27-17-15-24-42(46)38-20-10-6-11-21-38)47-30-28-40(37-18-8-5-9-19-37)35-44(47)39-22-12-7-13-23-39/h4,7-8,10,12-36,43,45,51H,5-6,9,11H2,1-3H3/b33-4+. The van der Waals surface area contributed by atoms with E-state index in [1.54, 1.807) is 0 Å². The topological polar surface area (TPSA) is 21.7 Å². The maximum Gasteiger partial charge on any atom is 0.172 e. The van der Waals surface area contributed by atoms with Crippen molar-refractivity contribution < 1.29 is 9.47 Å². The van der Waals surface area contributed by atoms with E-state index in [1.165, 1.54) is 33.4 Å². The lowest BCUT2D eigenvalue weighted by Gasteiger charge is -2.45. The van der Waals surface area contributed by atoms with Gasteiger partial charge in [-0.3, -0.25) is 0 Å². The fourth-order valence-corrected chi connectivity index (χ4v) is 10.4. The van der Waals surface area contributed by atoms with Crippen LogP contribution in [0.2, 0.25) is 0 Å². The molecule has 0 bridgehead atoms. The van der Waals surface area contributed by atoms with Crippen LogP contribution in [0.25, 0.3) is 22.3 Å². The van der Waals surface area contributed by atoms with Crippen LogP contribution in [0.1, 0.15) is 57.6 Å². The van der Waals surface area contributed by atoms with Gasteiger partial charge in [0.25, 0.3) is 0 Å². The van der Waals surface area contributed by atoms with Gasteiger partial charge in [0.1, 0.15) is 0 Å². The molecule has 0 saturated heterocycles. The first kappa shape index (κ1) is 35.4. The maximum absolute atomic E-state index is 7.05. The average molecular weight is 744 g/mol. The van der Waals surface area contributed by atoms with Crippen molar-refractivity contribution in [2.24, 2.45) is 28.6 Å². The van der Waals surface area contributed by atoms with Gasteiger partial charge in [-0.1, -0.05) is 147 Å². The molecule has 10 rings (SSSR count). The van der Waals surface area contributed by atoms with Gasteiger partial charge in [0.2, 0.25) is 0 Å². The van der Waals surface area contributed by atoms with Crippen LogP contribution in [-0.4, -0.2) is 0 Å². The number of hydrogen-bond acceptors (Lipinski definition) is 3. The first-order valence-corrected chi connectivity index (χ1v) is 20.7. The van der Waals surface area contributed by atoms with Crippen molar-refractivity contribution in [2.75, 3.05) is 4.90 Å². The van der Waals surface area contributed by atoms with Gasteiger partial charge in [0, 0.05) is 33.9 Å². The summed E-state index contributed by atoms with van der Waals surface area (Å²) in [5.41, 5.74) is 10.2. The molecule has 1 heterocycles. The number of nitrogens with zero attached hydrogens (tertiary/aromatic N) is 1. The highest BCUT2D eigenvalue weighted by molar-refractivity contribution is 5.95. The molecule has 4 aromatic carbocycles. The molecule has 57 heavy (non-hydrogen) atoms. The van der Waals surface area contributed by atoms with Gasteiger partial charge in [-0.2, -0.15) is 0 Å². The molecule has 0 spiro atoms. The zero-order valence-corrected chi connectivity index (χ0v) is 33.1. The molecule has 5 atom stereocenters. The van der Waals surface area contributed by atoms with Gasteiger partial charge in [-0.25, -0.2) is 0 Å². The number of fused-ring (bicyclic) bond motifs is 5. The monoisotopic (exact) mass is 743 g/mol. The number of para-hydroxylation sites is 1. The van der Waals surface area contributed by atoms with Crippen molar-refractivity contribution in [3.05, 3.63) is 199 Å². The number of rotatable bonds is 7. The molecule has 5 aliphatic carbocycles. The third-order valence-corrected chi connectivity index (χ3v) is 13.4. The molecule has 1 aliphatic heterocycles. The van der Waals surface area contributed by atoms with E-state index in [0.717, 1.165) is 65.8 Å². The summed E-state index contributed by atoms with van der Waals surface area (Å²) in [6, 6.07) is 33.0. The van der Waals surface area contributed by atoms with Gasteiger partial charge in [0.05, 0.1) is 17.1 Å². The van der Waals surface area contributed by atoms with Gasteiger partial charge < -0.3 is 14.4 Å². The van der Waals surface area contributed by atoms with E-state index in [-0.39, 0.29) is 16.7 Å². The predicted molar refractivity (Wildman–Crippen MR) is 236 cm³/mol. The second-order valence-corrected chi connectivity index (χ2v) is 16.5. The van der Waals surface area contributed by atoms with Crippen molar-refractivity contribution in [1.29, 1.82) is 0 Å². The van der Waals surface area contributed by atoms with Crippen molar-refractivity contribution in [1.82, 2.24) is 0 Å². The Morgan fingerprint density at radius 2 is 1.42 bits per heavy atom. The largest absolute Gasteiger partial charge is 0.454 e. The molecule has 4 aromatic rings. The Morgan fingerprint density at radius 3 is 2.21 bits per heavy atom. The smallest absolute Gasteiger partial charge is 0.172 e. The summed E-state index contributed by atoms with van der Waals surface area (Å²) >= 11 is 0. The highest BCUT2D eigenvalue weighted by atomic mass is 16.6. The normalized spacial score (nSPS) is 26.5.